The summed E-state index contributed by atoms with van der Waals surface area (Å²) in [6.07, 6.45) is 0. The predicted octanol–water partition coefficient (Wildman–Crippen LogP) is 5.76. The van der Waals surface area contributed by atoms with Crippen LogP contribution in [-0.4, -0.2) is 0 Å². The van der Waals surface area contributed by atoms with Crippen LogP contribution in [0.4, 0.5) is 11.4 Å². The first-order valence-electron chi connectivity index (χ1n) is 5.00. The third kappa shape index (κ3) is 2.31. The molecule has 0 saturated carbocycles. The summed E-state index contributed by atoms with van der Waals surface area (Å²) in [4.78, 5) is 6.62. The number of benzene rings is 2. The first kappa shape index (κ1) is 12.5. The number of nitrogens with zero attached hydrogens (tertiary/aromatic N) is 2. The van der Waals surface area contributed by atoms with Crippen molar-refractivity contribution in [3.8, 4) is 11.1 Å². The number of hydrogen-bond donors (Lipinski definition) is 0. The van der Waals surface area contributed by atoms with Gasteiger partial charge in [-0.3, -0.25) is 0 Å². The summed E-state index contributed by atoms with van der Waals surface area (Å²) >= 11 is 12.3. The van der Waals surface area contributed by atoms with Crippen molar-refractivity contribution in [1.29, 1.82) is 0 Å². The minimum atomic E-state index is 0.473. The molecule has 0 atom stereocenters. The van der Waals surface area contributed by atoms with Gasteiger partial charge >= 0.3 is 0 Å². The fourth-order valence-corrected chi connectivity index (χ4v) is 2.14. The van der Waals surface area contributed by atoms with E-state index in [4.69, 9.17) is 36.3 Å². The van der Waals surface area contributed by atoms with Crippen LogP contribution < -0.4 is 0 Å². The average Bonchev–Trinajstić information content (AvgIpc) is 2.39. The van der Waals surface area contributed by atoms with Crippen molar-refractivity contribution in [2.75, 3.05) is 0 Å². The fraction of sp³-hybridized carbons (Fsp3) is 0. The topological polar surface area (TPSA) is 8.72 Å². The molecule has 18 heavy (non-hydrogen) atoms. The number of rotatable bonds is 1. The maximum atomic E-state index is 6.92. The van der Waals surface area contributed by atoms with Crippen LogP contribution in [0.15, 0.2) is 36.4 Å². The van der Waals surface area contributed by atoms with Crippen LogP contribution >= 0.6 is 23.2 Å². The lowest BCUT2D eigenvalue weighted by Gasteiger charge is -2.07. The van der Waals surface area contributed by atoms with Crippen LogP contribution in [0.3, 0.4) is 0 Å². The third-order valence-electron chi connectivity index (χ3n) is 2.45. The van der Waals surface area contributed by atoms with Crippen LogP contribution in [0.5, 0.6) is 0 Å². The van der Waals surface area contributed by atoms with Crippen molar-refractivity contribution in [3.63, 3.8) is 0 Å². The summed E-state index contributed by atoms with van der Waals surface area (Å²) in [5.74, 6) is 0. The Hall–Kier alpha value is -2.00. The summed E-state index contributed by atoms with van der Waals surface area (Å²) in [5.41, 5.74) is 2.48. The summed E-state index contributed by atoms with van der Waals surface area (Å²) < 4.78 is 0. The van der Waals surface area contributed by atoms with Gasteiger partial charge in [0.1, 0.15) is 0 Å². The maximum Gasteiger partial charge on any atom is 0.188 e. The molecule has 0 N–H and O–H groups in total. The van der Waals surface area contributed by atoms with E-state index in [-0.39, 0.29) is 0 Å². The number of hydrogen-bond acceptors (Lipinski definition) is 0. The maximum absolute atomic E-state index is 6.92. The highest BCUT2D eigenvalue weighted by Gasteiger charge is 2.09. The van der Waals surface area contributed by atoms with Gasteiger partial charge in [-0.25, -0.2) is 9.69 Å². The Morgan fingerprint density at radius 1 is 0.722 bits per heavy atom. The normalized spacial score (nSPS) is 9.56. The minimum Gasteiger partial charge on any atom is -0.238 e. The van der Waals surface area contributed by atoms with E-state index in [1.54, 1.807) is 36.4 Å². The second-order valence-electron chi connectivity index (χ2n) is 3.55. The summed E-state index contributed by atoms with van der Waals surface area (Å²) in [5, 5.41) is 0.946. The van der Waals surface area contributed by atoms with E-state index in [0.717, 1.165) is 11.1 Å². The number of halogens is 2. The summed E-state index contributed by atoms with van der Waals surface area (Å²) in [6, 6.07) is 10.1. The van der Waals surface area contributed by atoms with Crippen LogP contribution in [0.1, 0.15) is 0 Å². The van der Waals surface area contributed by atoms with Gasteiger partial charge in [0.05, 0.1) is 13.1 Å². The Labute approximate surface area is 115 Å². The molecule has 2 aromatic carbocycles. The molecule has 0 aliphatic carbocycles. The molecule has 0 aromatic heterocycles. The Balaban J connectivity index is 2.57. The van der Waals surface area contributed by atoms with Crippen molar-refractivity contribution in [1.82, 2.24) is 0 Å². The van der Waals surface area contributed by atoms with Gasteiger partial charge in [0.25, 0.3) is 0 Å². The fourth-order valence-electron chi connectivity index (χ4n) is 1.58. The molecule has 0 aliphatic rings. The highest BCUT2D eigenvalue weighted by Crippen LogP contribution is 2.37. The largest absolute Gasteiger partial charge is 0.238 e. The minimum absolute atomic E-state index is 0.473. The smallest absolute Gasteiger partial charge is 0.188 e. The van der Waals surface area contributed by atoms with E-state index in [0.29, 0.717) is 21.4 Å². The van der Waals surface area contributed by atoms with Crippen LogP contribution in [0.25, 0.3) is 20.8 Å². The lowest BCUT2D eigenvalue weighted by Crippen LogP contribution is -1.81. The van der Waals surface area contributed by atoms with E-state index in [1.165, 1.54) is 0 Å². The average molecular weight is 273 g/mol. The second-order valence-corrected chi connectivity index (χ2v) is 4.37. The van der Waals surface area contributed by atoms with Crippen molar-refractivity contribution >= 4 is 34.6 Å². The SMILES string of the molecule is [C-]#[N+]c1ccc(-c2ccc([N+]#[C-])cc2Cl)c(Cl)c1. The molecule has 0 spiro atoms. The molecule has 2 rings (SSSR count). The van der Waals surface area contributed by atoms with Gasteiger partial charge in [0.2, 0.25) is 0 Å². The zero-order valence-electron chi connectivity index (χ0n) is 9.11. The summed E-state index contributed by atoms with van der Waals surface area (Å²) in [6.45, 7) is 13.8. The quantitative estimate of drug-likeness (QED) is 0.584. The van der Waals surface area contributed by atoms with Crippen LogP contribution in [0.2, 0.25) is 10.0 Å². The second kappa shape index (κ2) is 5.10. The third-order valence-corrected chi connectivity index (χ3v) is 3.08. The molecule has 0 fully saturated rings. The van der Waals surface area contributed by atoms with E-state index < -0.39 is 0 Å². The lowest BCUT2D eigenvalue weighted by molar-refractivity contribution is 1.62. The molecule has 86 valence electrons. The molecule has 0 saturated heterocycles. The van der Waals surface area contributed by atoms with Crippen molar-refractivity contribution in [2.45, 2.75) is 0 Å². The van der Waals surface area contributed by atoms with Crippen LogP contribution in [-0.2, 0) is 0 Å². The molecule has 4 heteroatoms. The van der Waals surface area contributed by atoms with Gasteiger partial charge < -0.3 is 0 Å². The first-order chi connectivity index (χ1) is 8.65. The monoisotopic (exact) mass is 272 g/mol. The highest BCUT2D eigenvalue weighted by atomic mass is 35.5. The van der Waals surface area contributed by atoms with Gasteiger partial charge in [-0.1, -0.05) is 47.5 Å². The van der Waals surface area contributed by atoms with E-state index in [1.807, 2.05) is 0 Å². The molecule has 0 unspecified atom stereocenters. The standard InChI is InChI=1S/C14H6Cl2N2/c1-17-9-3-5-11(13(15)7-9)12-6-4-10(18-2)8-14(12)16/h3-8H. The molecule has 0 amide bonds. The van der Waals surface area contributed by atoms with Crippen molar-refractivity contribution < 1.29 is 0 Å². The molecule has 0 bridgehead atoms. The van der Waals surface area contributed by atoms with E-state index >= 15 is 0 Å². The molecular weight excluding hydrogens is 267 g/mol. The lowest BCUT2D eigenvalue weighted by atomic mass is 10.0. The van der Waals surface area contributed by atoms with E-state index in [9.17, 15) is 0 Å². The molecule has 0 heterocycles. The molecule has 0 aliphatic heterocycles. The first-order valence-corrected chi connectivity index (χ1v) is 5.75. The highest BCUT2D eigenvalue weighted by molar-refractivity contribution is 6.36. The molecule has 0 radical (unpaired) electrons. The van der Waals surface area contributed by atoms with E-state index in [2.05, 4.69) is 9.69 Å². The zero-order chi connectivity index (χ0) is 13.1. The Bertz CT molecular complexity index is 632. The van der Waals surface area contributed by atoms with Gasteiger partial charge in [0.15, 0.2) is 11.4 Å². The molecule has 2 nitrogen and oxygen atoms in total. The van der Waals surface area contributed by atoms with Crippen LogP contribution in [0, 0.1) is 13.1 Å². The summed E-state index contributed by atoms with van der Waals surface area (Å²) in [7, 11) is 0. The van der Waals surface area contributed by atoms with Crippen molar-refractivity contribution in [2.24, 2.45) is 0 Å². The van der Waals surface area contributed by atoms with Gasteiger partial charge in [-0.2, -0.15) is 0 Å². The van der Waals surface area contributed by atoms with Gasteiger partial charge in [0, 0.05) is 10.0 Å². The Morgan fingerprint density at radius 2 is 1.11 bits per heavy atom. The predicted molar refractivity (Wildman–Crippen MR) is 74.4 cm³/mol. The zero-order valence-corrected chi connectivity index (χ0v) is 10.6. The molecule has 2 aromatic rings. The Morgan fingerprint density at radius 3 is 1.39 bits per heavy atom. The van der Waals surface area contributed by atoms with Gasteiger partial charge in [-0.05, 0) is 23.3 Å². The van der Waals surface area contributed by atoms with Crippen molar-refractivity contribution in [3.05, 3.63) is 69.3 Å². The van der Waals surface area contributed by atoms with Gasteiger partial charge in [-0.15, -0.1) is 0 Å². The Kier molecular flexibility index (Phi) is 3.53. The molecular formula is C14H6Cl2N2.